The first-order chi connectivity index (χ1) is 15.2. The minimum absolute atomic E-state index is 0.390. The second-order valence-electron chi connectivity index (χ2n) is 8.52. The number of benzene rings is 2. The van der Waals surface area contributed by atoms with Gasteiger partial charge in [0.1, 0.15) is 18.0 Å². The van der Waals surface area contributed by atoms with Gasteiger partial charge >= 0.3 is 6.09 Å². The van der Waals surface area contributed by atoms with E-state index < -0.39 is 11.7 Å². The Labute approximate surface area is 188 Å². The van der Waals surface area contributed by atoms with Gasteiger partial charge in [0.15, 0.2) is 6.29 Å². The Hall–Kier alpha value is -3.61. The Morgan fingerprint density at radius 3 is 2.59 bits per heavy atom. The summed E-state index contributed by atoms with van der Waals surface area (Å²) in [6.07, 6.45) is 3.97. The smallest absolute Gasteiger partial charge is 0.407 e. The molecule has 0 atom stereocenters. The van der Waals surface area contributed by atoms with Gasteiger partial charge in [0.25, 0.3) is 0 Å². The molecule has 0 spiro atoms. The number of ether oxygens (including phenoxy) is 2. The Balaban J connectivity index is 1.65. The fourth-order valence-corrected chi connectivity index (χ4v) is 3.20. The van der Waals surface area contributed by atoms with E-state index in [-0.39, 0.29) is 0 Å². The van der Waals surface area contributed by atoms with Crippen molar-refractivity contribution in [2.24, 2.45) is 0 Å². The first kappa shape index (κ1) is 23.1. The number of nitrogens with zero attached hydrogens (tertiary/aromatic N) is 2. The van der Waals surface area contributed by atoms with E-state index in [1.807, 2.05) is 70.3 Å². The highest BCUT2D eigenvalue weighted by Gasteiger charge is 2.16. The highest BCUT2D eigenvalue weighted by atomic mass is 16.6. The maximum Gasteiger partial charge on any atom is 0.407 e. The predicted molar refractivity (Wildman–Crippen MR) is 123 cm³/mol. The monoisotopic (exact) mass is 435 g/mol. The fraction of sp³-hybridized carbons (Fsp3) is 0.320. The van der Waals surface area contributed by atoms with Crippen molar-refractivity contribution in [3.8, 4) is 16.9 Å². The molecule has 3 aromatic rings. The Morgan fingerprint density at radius 1 is 1.16 bits per heavy atom. The number of carbonyl (C=O) groups excluding carboxylic acids is 2. The van der Waals surface area contributed by atoms with Gasteiger partial charge in [0.2, 0.25) is 0 Å². The highest BCUT2D eigenvalue weighted by Crippen LogP contribution is 2.30. The van der Waals surface area contributed by atoms with Crippen LogP contribution in [0, 0.1) is 6.92 Å². The van der Waals surface area contributed by atoms with Gasteiger partial charge in [-0.05, 0) is 56.5 Å². The standard InChI is InChI=1S/C25H29N3O4/c1-18-12-20(13-21(16-29)23(18)31-17-19-8-6-5-7-9-19)22-14-27-28(15-22)11-10-26-24(30)32-25(2,3)4/h5-9,12-16H,10-11,17H2,1-4H3,(H,26,30). The van der Waals surface area contributed by atoms with Crippen molar-refractivity contribution in [3.63, 3.8) is 0 Å². The Kier molecular flexibility index (Phi) is 7.30. The predicted octanol–water partition coefficient (Wildman–Crippen LogP) is 4.77. The maximum absolute atomic E-state index is 11.8. The van der Waals surface area contributed by atoms with E-state index >= 15 is 0 Å². The average Bonchev–Trinajstić information content (AvgIpc) is 3.20. The van der Waals surface area contributed by atoms with Crippen molar-refractivity contribution in [3.05, 3.63) is 71.5 Å². The van der Waals surface area contributed by atoms with Crippen LogP contribution in [0.4, 0.5) is 4.79 Å². The van der Waals surface area contributed by atoms with Gasteiger partial charge < -0.3 is 14.8 Å². The molecule has 1 N–H and O–H groups in total. The SMILES string of the molecule is Cc1cc(-c2cnn(CCNC(=O)OC(C)(C)C)c2)cc(C=O)c1OCc1ccccc1. The number of aryl methyl sites for hydroxylation is 1. The topological polar surface area (TPSA) is 82.5 Å². The van der Waals surface area contributed by atoms with Crippen LogP contribution in [0.25, 0.3) is 11.1 Å². The number of aldehydes is 1. The number of hydrogen-bond donors (Lipinski definition) is 1. The maximum atomic E-state index is 11.8. The number of amides is 1. The van der Waals surface area contributed by atoms with E-state index in [9.17, 15) is 9.59 Å². The molecule has 168 valence electrons. The molecule has 0 bridgehead atoms. The number of alkyl carbamates (subject to hydrolysis) is 1. The quantitative estimate of drug-likeness (QED) is 0.515. The van der Waals surface area contributed by atoms with Crippen molar-refractivity contribution >= 4 is 12.4 Å². The lowest BCUT2D eigenvalue weighted by molar-refractivity contribution is 0.0525. The first-order valence-electron chi connectivity index (χ1n) is 10.5. The van der Waals surface area contributed by atoms with Gasteiger partial charge in [-0.1, -0.05) is 30.3 Å². The summed E-state index contributed by atoms with van der Waals surface area (Å²) in [5, 5.41) is 7.07. The minimum Gasteiger partial charge on any atom is -0.488 e. The molecule has 0 saturated heterocycles. The van der Waals surface area contributed by atoms with Crippen LogP contribution in [0.5, 0.6) is 5.75 Å². The first-order valence-corrected chi connectivity index (χ1v) is 10.5. The lowest BCUT2D eigenvalue weighted by Crippen LogP contribution is -2.34. The summed E-state index contributed by atoms with van der Waals surface area (Å²) in [7, 11) is 0. The molecule has 0 saturated carbocycles. The Morgan fingerprint density at radius 2 is 1.91 bits per heavy atom. The van der Waals surface area contributed by atoms with Crippen LogP contribution in [0.3, 0.4) is 0 Å². The van der Waals surface area contributed by atoms with Gasteiger partial charge in [-0.25, -0.2) is 4.79 Å². The minimum atomic E-state index is -0.534. The molecule has 0 aliphatic carbocycles. The highest BCUT2D eigenvalue weighted by molar-refractivity contribution is 5.84. The van der Waals surface area contributed by atoms with E-state index in [4.69, 9.17) is 9.47 Å². The van der Waals surface area contributed by atoms with Crippen molar-refractivity contribution < 1.29 is 19.1 Å². The largest absolute Gasteiger partial charge is 0.488 e. The average molecular weight is 436 g/mol. The summed E-state index contributed by atoms with van der Waals surface area (Å²) < 4.78 is 12.9. The molecule has 3 rings (SSSR count). The summed E-state index contributed by atoms with van der Waals surface area (Å²) in [6.45, 7) is 8.66. The summed E-state index contributed by atoms with van der Waals surface area (Å²) in [5.41, 5.74) is 3.63. The van der Waals surface area contributed by atoms with Crippen LogP contribution in [-0.2, 0) is 17.9 Å². The van der Waals surface area contributed by atoms with Gasteiger partial charge in [-0.3, -0.25) is 9.48 Å². The van der Waals surface area contributed by atoms with Gasteiger partial charge in [-0.15, -0.1) is 0 Å². The zero-order valence-corrected chi connectivity index (χ0v) is 18.9. The number of hydrogen-bond acceptors (Lipinski definition) is 5. The summed E-state index contributed by atoms with van der Waals surface area (Å²) in [5.74, 6) is 0.585. The fourth-order valence-electron chi connectivity index (χ4n) is 3.20. The van der Waals surface area contributed by atoms with Crippen LogP contribution < -0.4 is 10.1 Å². The number of nitrogens with one attached hydrogen (secondary N) is 1. The molecule has 7 nitrogen and oxygen atoms in total. The van der Waals surface area contributed by atoms with Crippen molar-refractivity contribution in [1.29, 1.82) is 0 Å². The van der Waals surface area contributed by atoms with E-state index in [2.05, 4.69) is 10.4 Å². The molecule has 0 aliphatic heterocycles. The van der Waals surface area contributed by atoms with Gasteiger partial charge in [-0.2, -0.15) is 5.10 Å². The molecular weight excluding hydrogens is 406 g/mol. The number of aromatic nitrogens is 2. The van der Waals surface area contributed by atoms with Gasteiger partial charge in [0, 0.05) is 18.3 Å². The van der Waals surface area contributed by atoms with Crippen LogP contribution in [0.2, 0.25) is 0 Å². The lowest BCUT2D eigenvalue weighted by Gasteiger charge is -2.19. The summed E-state index contributed by atoms with van der Waals surface area (Å²) in [6, 6.07) is 13.6. The van der Waals surface area contributed by atoms with E-state index in [1.54, 1.807) is 16.9 Å². The van der Waals surface area contributed by atoms with Crippen molar-refractivity contribution in [2.45, 2.75) is 46.4 Å². The second kappa shape index (κ2) is 10.1. The van der Waals surface area contributed by atoms with Crippen LogP contribution in [0.1, 0.15) is 42.3 Å². The lowest BCUT2D eigenvalue weighted by atomic mass is 10.0. The molecule has 7 heteroatoms. The molecule has 1 aromatic heterocycles. The molecule has 1 amide bonds. The Bertz CT molecular complexity index is 1070. The summed E-state index contributed by atoms with van der Waals surface area (Å²) in [4.78, 5) is 23.5. The van der Waals surface area contributed by atoms with Crippen LogP contribution >= 0.6 is 0 Å². The molecule has 0 fully saturated rings. The van der Waals surface area contributed by atoms with Crippen molar-refractivity contribution in [2.75, 3.05) is 6.54 Å². The zero-order chi connectivity index (χ0) is 23.1. The van der Waals surface area contributed by atoms with E-state index in [1.165, 1.54) is 0 Å². The van der Waals surface area contributed by atoms with E-state index in [0.29, 0.717) is 31.0 Å². The summed E-state index contributed by atoms with van der Waals surface area (Å²) >= 11 is 0. The molecule has 2 aromatic carbocycles. The molecule has 32 heavy (non-hydrogen) atoms. The molecule has 0 radical (unpaired) electrons. The van der Waals surface area contributed by atoms with Gasteiger partial charge in [0.05, 0.1) is 18.3 Å². The molecule has 0 aliphatic rings. The normalized spacial score (nSPS) is 11.1. The third-order valence-corrected chi connectivity index (χ3v) is 4.63. The third kappa shape index (κ3) is 6.44. The van der Waals surface area contributed by atoms with Crippen LogP contribution in [-0.4, -0.2) is 34.3 Å². The van der Waals surface area contributed by atoms with Crippen molar-refractivity contribution in [1.82, 2.24) is 15.1 Å². The number of rotatable bonds is 8. The molecular formula is C25H29N3O4. The second-order valence-corrected chi connectivity index (χ2v) is 8.52. The number of carbonyl (C=O) groups is 2. The molecule has 1 heterocycles. The third-order valence-electron chi connectivity index (χ3n) is 4.63. The van der Waals surface area contributed by atoms with Crippen LogP contribution in [0.15, 0.2) is 54.9 Å². The zero-order valence-electron chi connectivity index (χ0n) is 18.9. The van der Waals surface area contributed by atoms with E-state index in [0.717, 1.165) is 28.5 Å². The molecule has 0 unspecified atom stereocenters.